The van der Waals surface area contributed by atoms with E-state index >= 15 is 0 Å². The van der Waals surface area contributed by atoms with E-state index in [1.54, 1.807) is 6.07 Å². The summed E-state index contributed by atoms with van der Waals surface area (Å²) in [6, 6.07) is 18.7. The lowest BCUT2D eigenvalue weighted by Gasteiger charge is -2.08. The highest BCUT2D eigenvalue weighted by Gasteiger charge is 2.09. The highest BCUT2D eigenvalue weighted by molar-refractivity contribution is 5.92. The molecule has 0 spiro atoms. The maximum Gasteiger partial charge on any atom is 0.344 e. The Kier molecular flexibility index (Phi) is 5.43. The zero-order valence-corrected chi connectivity index (χ0v) is 13.8. The largest absolute Gasteiger partial charge is 0.482 e. The first-order chi connectivity index (χ1) is 12.6. The Balaban J connectivity index is 1.45. The molecule has 0 fully saturated rings. The van der Waals surface area contributed by atoms with Crippen LogP contribution in [-0.2, 0) is 14.3 Å². The number of rotatable bonds is 6. The van der Waals surface area contributed by atoms with E-state index < -0.39 is 24.3 Å². The van der Waals surface area contributed by atoms with E-state index in [-0.39, 0.29) is 6.61 Å². The van der Waals surface area contributed by atoms with Gasteiger partial charge in [-0.3, -0.25) is 4.79 Å². The molecular weight excluding hydrogens is 337 g/mol. The van der Waals surface area contributed by atoms with Gasteiger partial charge in [0.05, 0.1) is 0 Å². The lowest BCUT2D eigenvalue weighted by atomic mass is 10.1. The Hall–Kier alpha value is -3.41. The van der Waals surface area contributed by atoms with Crippen LogP contribution in [0.25, 0.3) is 10.8 Å². The van der Waals surface area contributed by atoms with Crippen molar-refractivity contribution >= 4 is 28.3 Å². The van der Waals surface area contributed by atoms with Crippen LogP contribution in [0.2, 0.25) is 0 Å². The fourth-order valence-corrected chi connectivity index (χ4v) is 2.35. The fourth-order valence-electron chi connectivity index (χ4n) is 2.35. The molecule has 3 aromatic rings. The van der Waals surface area contributed by atoms with Crippen LogP contribution >= 0.6 is 0 Å². The molecule has 0 aromatic heterocycles. The Bertz CT molecular complexity index is 942. The second-order valence-corrected chi connectivity index (χ2v) is 5.52. The number of hydrogen-bond donors (Lipinski definition) is 1. The van der Waals surface area contributed by atoms with E-state index in [0.717, 1.165) is 10.8 Å². The molecule has 0 radical (unpaired) electrons. The average molecular weight is 353 g/mol. The van der Waals surface area contributed by atoms with E-state index in [9.17, 15) is 14.0 Å². The summed E-state index contributed by atoms with van der Waals surface area (Å²) >= 11 is 0. The quantitative estimate of drug-likeness (QED) is 0.689. The molecule has 0 heterocycles. The van der Waals surface area contributed by atoms with Crippen LogP contribution in [0.5, 0.6) is 5.75 Å². The van der Waals surface area contributed by atoms with E-state index in [1.807, 2.05) is 36.4 Å². The van der Waals surface area contributed by atoms with Crippen LogP contribution in [0.1, 0.15) is 0 Å². The van der Waals surface area contributed by atoms with Crippen LogP contribution in [0.4, 0.5) is 10.1 Å². The number of halogens is 1. The van der Waals surface area contributed by atoms with Crippen molar-refractivity contribution in [3.05, 3.63) is 72.5 Å². The van der Waals surface area contributed by atoms with Crippen molar-refractivity contribution in [3.8, 4) is 5.75 Å². The van der Waals surface area contributed by atoms with Gasteiger partial charge in [0, 0.05) is 5.69 Å². The molecule has 3 rings (SSSR count). The maximum atomic E-state index is 13.0. The minimum Gasteiger partial charge on any atom is -0.482 e. The van der Waals surface area contributed by atoms with E-state index in [1.165, 1.54) is 24.3 Å². The smallest absolute Gasteiger partial charge is 0.344 e. The molecule has 0 atom stereocenters. The first-order valence-electron chi connectivity index (χ1n) is 7.93. The van der Waals surface area contributed by atoms with Crippen molar-refractivity contribution in [1.82, 2.24) is 0 Å². The summed E-state index contributed by atoms with van der Waals surface area (Å²) in [4.78, 5) is 23.4. The molecule has 1 N–H and O–H groups in total. The summed E-state index contributed by atoms with van der Waals surface area (Å²) in [6.45, 7) is -0.790. The molecule has 0 unspecified atom stereocenters. The minimum atomic E-state index is -0.674. The summed E-state index contributed by atoms with van der Waals surface area (Å²) in [5.74, 6) is -1.17. The predicted molar refractivity (Wildman–Crippen MR) is 95.4 cm³/mol. The van der Waals surface area contributed by atoms with Gasteiger partial charge in [0.2, 0.25) is 0 Å². The van der Waals surface area contributed by atoms with Crippen molar-refractivity contribution in [2.45, 2.75) is 0 Å². The summed E-state index contributed by atoms with van der Waals surface area (Å²) in [6.07, 6.45) is 0. The van der Waals surface area contributed by atoms with Gasteiger partial charge in [-0.05, 0) is 41.1 Å². The minimum absolute atomic E-state index is 0.290. The van der Waals surface area contributed by atoms with Crippen molar-refractivity contribution < 1.29 is 23.5 Å². The second-order valence-electron chi connectivity index (χ2n) is 5.52. The summed E-state index contributed by atoms with van der Waals surface area (Å²) in [7, 11) is 0. The van der Waals surface area contributed by atoms with Gasteiger partial charge < -0.3 is 14.8 Å². The molecule has 0 saturated carbocycles. The standard InChI is InChI=1S/C20H16FNO4/c21-16-6-3-7-17(11-16)22-19(23)12-26-20(24)13-25-18-9-8-14-4-1-2-5-15(14)10-18/h1-11H,12-13H2,(H,22,23). The van der Waals surface area contributed by atoms with Gasteiger partial charge in [-0.2, -0.15) is 0 Å². The first kappa shape index (κ1) is 17.4. The van der Waals surface area contributed by atoms with Crippen LogP contribution in [0, 0.1) is 5.82 Å². The fraction of sp³-hybridized carbons (Fsp3) is 0.100. The highest BCUT2D eigenvalue weighted by Crippen LogP contribution is 2.20. The zero-order chi connectivity index (χ0) is 18.4. The van der Waals surface area contributed by atoms with Crippen molar-refractivity contribution in [2.24, 2.45) is 0 Å². The summed E-state index contributed by atoms with van der Waals surface area (Å²) < 4.78 is 23.3. The van der Waals surface area contributed by atoms with Crippen LogP contribution in [0.15, 0.2) is 66.7 Å². The van der Waals surface area contributed by atoms with E-state index in [4.69, 9.17) is 9.47 Å². The van der Waals surface area contributed by atoms with Gasteiger partial charge in [-0.15, -0.1) is 0 Å². The van der Waals surface area contributed by atoms with Gasteiger partial charge in [0.25, 0.3) is 5.91 Å². The first-order valence-corrected chi connectivity index (χ1v) is 7.93. The molecule has 0 aliphatic carbocycles. The lowest BCUT2D eigenvalue weighted by Crippen LogP contribution is -2.23. The zero-order valence-electron chi connectivity index (χ0n) is 13.8. The molecule has 26 heavy (non-hydrogen) atoms. The number of carbonyl (C=O) groups excluding carboxylic acids is 2. The highest BCUT2D eigenvalue weighted by atomic mass is 19.1. The molecule has 0 aliphatic heterocycles. The van der Waals surface area contributed by atoms with Crippen LogP contribution < -0.4 is 10.1 Å². The lowest BCUT2D eigenvalue weighted by molar-refractivity contribution is -0.149. The topological polar surface area (TPSA) is 64.6 Å². The Morgan fingerprint density at radius 2 is 1.69 bits per heavy atom. The molecule has 5 nitrogen and oxygen atoms in total. The van der Waals surface area contributed by atoms with Crippen molar-refractivity contribution in [3.63, 3.8) is 0 Å². The maximum absolute atomic E-state index is 13.0. The second kappa shape index (κ2) is 8.11. The van der Waals surface area contributed by atoms with Crippen LogP contribution in [0.3, 0.4) is 0 Å². The van der Waals surface area contributed by atoms with Gasteiger partial charge in [-0.1, -0.05) is 36.4 Å². The van der Waals surface area contributed by atoms with E-state index in [0.29, 0.717) is 11.4 Å². The Morgan fingerprint density at radius 1 is 0.885 bits per heavy atom. The number of ether oxygens (including phenoxy) is 2. The monoisotopic (exact) mass is 353 g/mol. The Labute approximate surface area is 149 Å². The van der Waals surface area contributed by atoms with E-state index in [2.05, 4.69) is 5.32 Å². The number of esters is 1. The number of anilines is 1. The summed E-state index contributed by atoms with van der Waals surface area (Å²) in [5.41, 5.74) is 0.290. The molecule has 1 amide bonds. The van der Waals surface area contributed by atoms with Crippen molar-refractivity contribution in [2.75, 3.05) is 18.5 Å². The normalized spacial score (nSPS) is 10.3. The molecule has 0 bridgehead atoms. The third kappa shape index (κ3) is 4.80. The third-order valence-corrected chi connectivity index (χ3v) is 3.55. The molecule has 0 aliphatic rings. The van der Waals surface area contributed by atoms with Gasteiger partial charge >= 0.3 is 5.97 Å². The number of amides is 1. The third-order valence-electron chi connectivity index (χ3n) is 3.55. The number of fused-ring (bicyclic) bond motifs is 1. The van der Waals surface area contributed by atoms with Gasteiger partial charge in [-0.25, -0.2) is 9.18 Å². The Morgan fingerprint density at radius 3 is 2.50 bits per heavy atom. The van der Waals surface area contributed by atoms with Crippen molar-refractivity contribution in [1.29, 1.82) is 0 Å². The average Bonchev–Trinajstić information content (AvgIpc) is 2.64. The van der Waals surface area contributed by atoms with Crippen LogP contribution in [-0.4, -0.2) is 25.1 Å². The molecule has 6 heteroatoms. The number of hydrogen-bond acceptors (Lipinski definition) is 4. The number of nitrogens with one attached hydrogen (secondary N) is 1. The summed E-state index contributed by atoms with van der Waals surface area (Å²) in [5, 5.41) is 4.49. The SMILES string of the molecule is O=C(COC(=O)COc1ccc2ccccc2c1)Nc1cccc(F)c1. The molecule has 3 aromatic carbocycles. The number of carbonyl (C=O) groups is 2. The molecule has 132 valence electrons. The van der Waals surface area contributed by atoms with Gasteiger partial charge in [0.15, 0.2) is 13.2 Å². The molecule has 0 saturated heterocycles. The van der Waals surface area contributed by atoms with Gasteiger partial charge in [0.1, 0.15) is 11.6 Å². The number of benzene rings is 3. The molecular formula is C20H16FNO4. The predicted octanol–water partition coefficient (Wildman–Crippen LogP) is 3.54.